The summed E-state index contributed by atoms with van der Waals surface area (Å²) in [4.78, 5) is 6.84. The molecule has 1 saturated heterocycles. The van der Waals surface area contributed by atoms with Crippen LogP contribution in [-0.2, 0) is 13.0 Å². The number of likely N-dealkylation sites (N-methyl/N-ethyl adjacent to an activating group) is 1. The highest BCUT2D eigenvalue weighted by Gasteiger charge is 2.20. The first-order chi connectivity index (χ1) is 8.81. The quantitative estimate of drug-likeness (QED) is 0.833. The van der Waals surface area contributed by atoms with E-state index in [-0.39, 0.29) is 0 Å². The van der Waals surface area contributed by atoms with Gasteiger partial charge in [0.15, 0.2) is 5.82 Å². The molecular weight excluding hydrogens is 228 g/mol. The summed E-state index contributed by atoms with van der Waals surface area (Å²) in [6.07, 6.45) is 5.73. The fourth-order valence-corrected chi connectivity index (χ4v) is 2.42. The summed E-state index contributed by atoms with van der Waals surface area (Å²) in [7, 11) is 2.03. The number of hydrogen-bond donors (Lipinski definition) is 1. The molecule has 1 N–H and O–H groups in total. The molecular formula is C13H24N4O. The molecule has 1 aromatic rings. The van der Waals surface area contributed by atoms with Crippen molar-refractivity contribution in [2.75, 3.05) is 20.1 Å². The maximum absolute atomic E-state index is 5.31. The summed E-state index contributed by atoms with van der Waals surface area (Å²) >= 11 is 0. The molecule has 1 atom stereocenters. The van der Waals surface area contributed by atoms with E-state index in [0.717, 1.165) is 44.2 Å². The normalized spacial score (nSPS) is 21.3. The average Bonchev–Trinajstić information content (AvgIpc) is 2.84. The van der Waals surface area contributed by atoms with Gasteiger partial charge in [-0.25, -0.2) is 0 Å². The van der Waals surface area contributed by atoms with Crippen LogP contribution in [0.25, 0.3) is 0 Å². The van der Waals surface area contributed by atoms with Gasteiger partial charge in [0.25, 0.3) is 0 Å². The van der Waals surface area contributed by atoms with E-state index in [0.29, 0.717) is 6.04 Å². The molecule has 1 aromatic heterocycles. The van der Waals surface area contributed by atoms with Gasteiger partial charge in [0.2, 0.25) is 5.89 Å². The Balaban J connectivity index is 1.83. The lowest BCUT2D eigenvalue weighted by atomic mass is 10.1. The van der Waals surface area contributed by atoms with Crippen molar-refractivity contribution >= 4 is 0 Å². The second-order valence-electron chi connectivity index (χ2n) is 5.07. The Bertz CT molecular complexity index is 353. The lowest BCUT2D eigenvalue weighted by Crippen LogP contribution is -2.43. The highest BCUT2D eigenvalue weighted by Crippen LogP contribution is 2.13. The molecule has 0 bridgehead atoms. The van der Waals surface area contributed by atoms with Gasteiger partial charge in [0.1, 0.15) is 0 Å². The van der Waals surface area contributed by atoms with Crippen molar-refractivity contribution < 1.29 is 4.52 Å². The molecule has 0 radical (unpaired) electrons. The monoisotopic (exact) mass is 252 g/mol. The number of aryl methyl sites for hydroxylation is 1. The minimum absolute atomic E-state index is 0.598. The Morgan fingerprint density at radius 2 is 2.39 bits per heavy atom. The van der Waals surface area contributed by atoms with Gasteiger partial charge >= 0.3 is 0 Å². The Morgan fingerprint density at radius 1 is 1.50 bits per heavy atom. The third-order valence-electron chi connectivity index (χ3n) is 3.54. The number of aromatic nitrogens is 2. The van der Waals surface area contributed by atoms with E-state index in [1.54, 1.807) is 0 Å². The van der Waals surface area contributed by atoms with Gasteiger partial charge in [0, 0.05) is 19.0 Å². The summed E-state index contributed by atoms with van der Waals surface area (Å²) in [5.41, 5.74) is 0. The van der Waals surface area contributed by atoms with Crippen molar-refractivity contribution in [1.82, 2.24) is 20.4 Å². The number of hydrogen-bond acceptors (Lipinski definition) is 5. The van der Waals surface area contributed by atoms with Crippen LogP contribution in [0.2, 0.25) is 0 Å². The van der Waals surface area contributed by atoms with E-state index in [1.165, 1.54) is 19.3 Å². The Hall–Kier alpha value is -0.940. The van der Waals surface area contributed by atoms with Crippen LogP contribution >= 0.6 is 0 Å². The molecule has 1 aliphatic rings. The van der Waals surface area contributed by atoms with Crippen molar-refractivity contribution in [2.45, 2.75) is 51.6 Å². The van der Waals surface area contributed by atoms with E-state index in [1.807, 2.05) is 7.05 Å². The zero-order chi connectivity index (χ0) is 12.8. The van der Waals surface area contributed by atoms with Crippen LogP contribution in [0.3, 0.4) is 0 Å². The summed E-state index contributed by atoms with van der Waals surface area (Å²) in [6.45, 7) is 5.16. The summed E-state index contributed by atoms with van der Waals surface area (Å²) in [5, 5.41) is 7.37. The second kappa shape index (κ2) is 6.85. The van der Waals surface area contributed by atoms with Gasteiger partial charge in [-0.3, -0.25) is 4.90 Å². The zero-order valence-corrected chi connectivity index (χ0v) is 11.5. The standard InChI is InChI=1S/C13H24N4O/c1-3-4-7-12-15-13(18-16-12)10-17-8-5-6-11(9-17)14-2/h11,14H,3-10H2,1-2H3. The number of piperidine rings is 1. The predicted octanol–water partition coefficient (Wildman–Crippen LogP) is 1.60. The minimum atomic E-state index is 0.598. The maximum atomic E-state index is 5.31. The molecule has 2 rings (SSSR count). The fraction of sp³-hybridized carbons (Fsp3) is 0.846. The second-order valence-corrected chi connectivity index (χ2v) is 5.07. The molecule has 5 nitrogen and oxygen atoms in total. The predicted molar refractivity (Wildman–Crippen MR) is 70.3 cm³/mol. The van der Waals surface area contributed by atoms with E-state index in [9.17, 15) is 0 Å². The van der Waals surface area contributed by atoms with Crippen LogP contribution in [0.1, 0.15) is 44.3 Å². The first-order valence-electron chi connectivity index (χ1n) is 7.03. The number of nitrogens with zero attached hydrogens (tertiary/aromatic N) is 3. The third-order valence-corrected chi connectivity index (χ3v) is 3.54. The smallest absolute Gasteiger partial charge is 0.240 e. The molecule has 18 heavy (non-hydrogen) atoms. The SMILES string of the molecule is CCCCc1noc(CN2CCCC(NC)C2)n1. The highest BCUT2D eigenvalue weighted by molar-refractivity contribution is 4.88. The minimum Gasteiger partial charge on any atom is -0.338 e. The van der Waals surface area contributed by atoms with Gasteiger partial charge in [-0.15, -0.1) is 0 Å². The first-order valence-corrected chi connectivity index (χ1v) is 7.03. The van der Waals surface area contributed by atoms with Crippen LogP contribution in [0, 0.1) is 0 Å². The molecule has 0 saturated carbocycles. The molecule has 0 spiro atoms. The van der Waals surface area contributed by atoms with Gasteiger partial charge < -0.3 is 9.84 Å². The van der Waals surface area contributed by atoms with Crippen molar-refractivity contribution in [3.8, 4) is 0 Å². The molecule has 0 aromatic carbocycles. The van der Waals surface area contributed by atoms with E-state index >= 15 is 0 Å². The Morgan fingerprint density at radius 3 is 3.17 bits per heavy atom. The van der Waals surface area contributed by atoms with Crippen LogP contribution in [0.15, 0.2) is 4.52 Å². The molecule has 2 heterocycles. The number of nitrogens with one attached hydrogen (secondary N) is 1. The molecule has 1 aliphatic heterocycles. The van der Waals surface area contributed by atoms with Crippen LogP contribution < -0.4 is 5.32 Å². The molecule has 5 heteroatoms. The molecule has 102 valence electrons. The Labute approximate surface area is 109 Å². The van der Waals surface area contributed by atoms with E-state index in [4.69, 9.17) is 4.52 Å². The summed E-state index contributed by atoms with van der Waals surface area (Å²) in [6, 6.07) is 0.598. The van der Waals surface area contributed by atoms with Crippen molar-refractivity contribution in [3.63, 3.8) is 0 Å². The summed E-state index contributed by atoms with van der Waals surface area (Å²) in [5.74, 6) is 1.62. The van der Waals surface area contributed by atoms with Crippen LogP contribution in [0.4, 0.5) is 0 Å². The van der Waals surface area contributed by atoms with Gasteiger partial charge in [-0.05, 0) is 32.9 Å². The van der Waals surface area contributed by atoms with Crippen molar-refractivity contribution in [1.29, 1.82) is 0 Å². The van der Waals surface area contributed by atoms with Gasteiger partial charge in [-0.1, -0.05) is 18.5 Å². The van der Waals surface area contributed by atoms with E-state index < -0.39 is 0 Å². The molecule has 1 fully saturated rings. The lowest BCUT2D eigenvalue weighted by molar-refractivity contribution is 0.167. The number of rotatable bonds is 6. The van der Waals surface area contributed by atoms with Crippen LogP contribution in [0.5, 0.6) is 0 Å². The molecule has 1 unspecified atom stereocenters. The highest BCUT2D eigenvalue weighted by atomic mass is 16.5. The summed E-state index contributed by atoms with van der Waals surface area (Å²) < 4.78 is 5.31. The van der Waals surface area contributed by atoms with E-state index in [2.05, 4.69) is 27.3 Å². The lowest BCUT2D eigenvalue weighted by Gasteiger charge is -2.31. The topological polar surface area (TPSA) is 54.2 Å². The number of unbranched alkanes of at least 4 members (excludes halogenated alkanes) is 1. The maximum Gasteiger partial charge on any atom is 0.240 e. The third kappa shape index (κ3) is 3.78. The Kier molecular flexibility index (Phi) is 5.13. The first kappa shape index (κ1) is 13.5. The van der Waals surface area contributed by atoms with Crippen molar-refractivity contribution in [2.24, 2.45) is 0 Å². The zero-order valence-electron chi connectivity index (χ0n) is 11.5. The molecule has 0 aliphatic carbocycles. The van der Waals surface area contributed by atoms with Gasteiger partial charge in [0.05, 0.1) is 6.54 Å². The van der Waals surface area contributed by atoms with Crippen molar-refractivity contribution in [3.05, 3.63) is 11.7 Å². The number of likely N-dealkylation sites (tertiary alicyclic amines) is 1. The fourth-order valence-electron chi connectivity index (χ4n) is 2.42. The average molecular weight is 252 g/mol. The van der Waals surface area contributed by atoms with Gasteiger partial charge in [-0.2, -0.15) is 4.98 Å². The van der Waals surface area contributed by atoms with Crippen LogP contribution in [-0.4, -0.2) is 41.2 Å². The largest absolute Gasteiger partial charge is 0.338 e. The molecule has 0 amide bonds.